The molecule has 102 valence electrons. The van der Waals surface area contributed by atoms with E-state index in [0.717, 1.165) is 29.2 Å². The fourth-order valence-electron chi connectivity index (χ4n) is 2.01. The third kappa shape index (κ3) is 2.86. The normalized spacial score (nSPS) is 12.4. The summed E-state index contributed by atoms with van der Waals surface area (Å²) in [6, 6.07) is 9.61. The van der Waals surface area contributed by atoms with Crippen molar-refractivity contribution in [2.45, 2.75) is 19.4 Å². The van der Waals surface area contributed by atoms with Gasteiger partial charge >= 0.3 is 0 Å². The lowest BCUT2D eigenvalue weighted by Gasteiger charge is -2.12. The maximum absolute atomic E-state index is 12.2. The molecule has 4 nitrogen and oxygen atoms in total. The van der Waals surface area contributed by atoms with Gasteiger partial charge in [-0.3, -0.25) is 4.79 Å². The van der Waals surface area contributed by atoms with Gasteiger partial charge in [0.25, 0.3) is 5.91 Å². The van der Waals surface area contributed by atoms with E-state index in [1.54, 1.807) is 23.5 Å². The molecule has 0 fully saturated rings. The second-order valence-electron chi connectivity index (χ2n) is 4.63. The van der Waals surface area contributed by atoms with E-state index < -0.39 is 0 Å². The molecule has 2 aromatic heterocycles. The van der Waals surface area contributed by atoms with E-state index in [9.17, 15) is 4.79 Å². The Hall–Kier alpha value is -1.79. The number of amides is 1. The van der Waals surface area contributed by atoms with Gasteiger partial charge in [-0.25, -0.2) is 0 Å². The third-order valence-electron chi connectivity index (χ3n) is 2.98. The number of thiophene rings is 1. The minimum atomic E-state index is -0.0658. The van der Waals surface area contributed by atoms with Crippen molar-refractivity contribution < 1.29 is 4.79 Å². The molecule has 1 unspecified atom stereocenters. The van der Waals surface area contributed by atoms with Crippen LogP contribution in [0, 0.1) is 0 Å². The van der Waals surface area contributed by atoms with Crippen LogP contribution >= 0.6 is 23.1 Å². The van der Waals surface area contributed by atoms with Gasteiger partial charge in [-0.15, -0.1) is 11.3 Å². The Bertz CT molecular complexity index is 721. The summed E-state index contributed by atoms with van der Waals surface area (Å²) in [4.78, 5) is 13.5. The summed E-state index contributed by atoms with van der Waals surface area (Å²) in [6.07, 6.45) is 0.851. The van der Waals surface area contributed by atoms with Crippen LogP contribution in [0.2, 0.25) is 0 Å². The van der Waals surface area contributed by atoms with E-state index in [2.05, 4.69) is 20.1 Å². The van der Waals surface area contributed by atoms with Crippen LogP contribution in [0.5, 0.6) is 0 Å². The first-order valence-electron chi connectivity index (χ1n) is 6.28. The standard InChI is InChI=1S/C14H13N3OS2/c1-9(7-11-3-2-6-19-11)15-14(18)10-4-5-12-13(8-10)17-20-16-12/h2-6,8-9H,7H2,1H3,(H,15,18). The van der Waals surface area contributed by atoms with Crippen molar-refractivity contribution in [2.24, 2.45) is 0 Å². The summed E-state index contributed by atoms with van der Waals surface area (Å²) in [5.41, 5.74) is 2.23. The number of carbonyl (C=O) groups is 1. The van der Waals surface area contributed by atoms with Crippen molar-refractivity contribution in [3.63, 3.8) is 0 Å². The van der Waals surface area contributed by atoms with Crippen LogP contribution in [0.3, 0.4) is 0 Å². The Morgan fingerprint density at radius 3 is 2.95 bits per heavy atom. The van der Waals surface area contributed by atoms with E-state index in [1.807, 2.05) is 24.4 Å². The zero-order valence-electron chi connectivity index (χ0n) is 10.9. The van der Waals surface area contributed by atoms with Gasteiger partial charge < -0.3 is 5.32 Å². The molecule has 3 aromatic rings. The molecule has 0 radical (unpaired) electrons. The number of nitrogens with one attached hydrogen (secondary N) is 1. The van der Waals surface area contributed by atoms with E-state index >= 15 is 0 Å². The minimum absolute atomic E-state index is 0.0658. The van der Waals surface area contributed by atoms with Crippen molar-refractivity contribution in [2.75, 3.05) is 0 Å². The minimum Gasteiger partial charge on any atom is -0.349 e. The van der Waals surface area contributed by atoms with Gasteiger partial charge in [0.15, 0.2) is 0 Å². The quantitative estimate of drug-likeness (QED) is 0.805. The van der Waals surface area contributed by atoms with Gasteiger partial charge in [0, 0.05) is 22.9 Å². The molecule has 0 aliphatic heterocycles. The largest absolute Gasteiger partial charge is 0.349 e. The Labute approximate surface area is 124 Å². The van der Waals surface area contributed by atoms with Crippen LogP contribution in [0.15, 0.2) is 35.7 Å². The van der Waals surface area contributed by atoms with Crippen molar-refractivity contribution in [1.29, 1.82) is 0 Å². The van der Waals surface area contributed by atoms with Gasteiger partial charge in [0.2, 0.25) is 0 Å². The first kappa shape index (κ1) is 13.2. The Balaban J connectivity index is 1.68. The van der Waals surface area contributed by atoms with E-state index in [1.165, 1.54) is 4.88 Å². The van der Waals surface area contributed by atoms with Crippen LogP contribution in [-0.4, -0.2) is 20.7 Å². The topological polar surface area (TPSA) is 54.9 Å². The lowest BCUT2D eigenvalue weighted by Crippen LogP contribution is -2.33. The fourth-order valence-corrected chi connectivity index (χ4v) is 3.36. The molecule has 3 rings (SSSR count). The highest BCUT2D eigenvalue weighted by molar-refractivity contribution is 7.09. The molecule has 0 saturated heterocycles. The van der Waals surface area contributed by atoms with Crippen LogP contribution in [0.25, 0.3) is 11.0 Å². The van der Waals surface area contributed by atoms with Crippen molar-refractivity contribution in [1.82, 2.24) is 14.1 Å². The average molecular weight is 303 g/mol. The SMILES string of the molecule is CC(Cc1cccs1)NC(=O)c1ccc2nsnc2c1. The van der Waals surface area contributed by atoms with Crippen LogP contribution in [0.4, 0.5) is 0 Å². The molecule has 2 heterocycles. The molecule has 0 aliphatic carbocycles. The van der Waals surface area contributed by atoms with Gasteiger partial charge in [-0.05, 0) is 36.6 Å². The Morgan fingerprint density at radius 2 is 2.15 bits per heavy atom. The summed E-state index contributed by atoms with van der Waals surface area (Å²) >= 11 is 2.87. The number of carbonyl (C=O) groups excluding carboxylic acids is 1. The number of aromatic nitrogens is 2. The zero-order chi connectivity index (χ0) is 13.9. The van der Waals surface area contributed by atoms with Crippen LogP contribution in [-0.2, 0) is 6.42 Å². The molecule has 1 amide bonds. The third-order valence-corrected chi connectivity index (χ3v) is 4.44. The van der Waals surface area contributed by atoms with E-state index in [4.69, 9.17) is 0 Å². The molecule has 0 bridgehead atoms. The molecule has 1 N–H and O–H groups in total. The number of hydrogen-bond acceptors (Lipinski definition) is 5. The molecule has 1 aromatic carbocycles. The van der Waals surface area contributed by atoms with Crippen LogP contribution in [0.1, 0.15) is 22.2 Å². The number of fused-ring (bicyclic) bond motifs is 1. The van der Waals surface area contributed by atoms with Gasteiger partial charge in [-0.1, -0.05) is 6.07 Å². The van der Waals surface area contributed by atoms with Crippen molar-refractivity contribution in [3.8, 4) is 0 Å². The number of rotatable bonds is 4. The van der Waals surface area contributed by atoms with E-state index in [0.29, 0.717) is 5.56 Å². The second-order valence-corrected chi connectivity index (χ2v) is 6.19. The van der Waals surface area contributed by atoms with Gasteiger partial charge in [-0.2, -0.15) is 8.75 Å². The summed E-state index contributed by atoms with van der Waals surface area (Å²) in [6.45, 7) is 2.01. The van der Waals surface area contributed by atoms with Gasteiger partial charge in [0.1, 0.15) is 11.0 Å². The molecular formula is C14H13N3OS2. The number of hydrogen-bond donors (Lipinski definition) is 1. The van der Waals surface area contributed by atoms with Gasteiger partial charge in [0.05, 0.1) is 11.7 Å². The summed E-state index contributed by atoms with van der Waals surface area (Å²) in [5, 5.41) is 5.06. The smallest absolute Gasteiger partial charge is 0.251 e. The Kier molecular flexibility index (Phi) is 3.75. The summed E-state index contributed by atoms with van der Waals surface area (Å²) < 4.78 is 8.28. The Morgan fingerprint density at radius 1 is 1.30 bits per heavy atom. The molecule has 6 heteroatoms. The molecule has 1 atom stereocenters. The first-order valence-corrected chi connectivity index (χ1v) is 7.89. The van der Waals surface area contributed by atoms with Crippen molar-refractivity contribution >= 4 is 40.0 Å². The maximum Gasteiger partial charge on any atom is 0.251 e. The highest BCUT2D eigenvalue weighted by Crippen LogP contribution is 2.14. The fraction of sp³-hybridized carbons (Fsp3) is 0.214. The molecule has 0 saturated carbocycles. The zero-order valence-corrected chi connectivity index (χ0v) is 12.5. The lowest BCUT2D eigenvalue weighted by atomic mass is 10.1. The maximum atomic E-state index is 12.2. The molecule has 0 aliphatic rings. The highest BCUT2D eigenvalue weighted by atomic mass is 32.1. The molecule has 0 spiro atoms. The highest BCUT2D eigenvalue weighted by Gasteiger charge is 2.12. The first-order chi connectivity index (χ1) is 9.72. The second kappa shape index (κ2) is 5.68. The summed E-state index contributed by atoms with van der Waals surface area (Å²) in [7, 11) is 0. The number of benzene rings is 1. The lowest BCUT2D eigenvalue weighted by molar-refractivity contribution is 0.0940. The van der Waals surface area contributed by atoms with Crippen LogP contribution < -0.4 is 5.32 Å². The summed E-state index contributed by atoms with van der Waals surface area (Å²) in [5.74, 6) is -0.0658. The van der Waals surface area contributed by atoms with Crippen molar-refractivity contribution in [3.05, 3.63) is 46.2 Å². The predicted molar refractivity (Wildman–Crippen MR) is 82.4 cm³/mol. The average Bonchev–Trinajstić information content (AvgIpc) is 3.07. The van der Waals surface area contributed by atoms with E-state index in [-0.39, 0.29) is 11.9 Å². The predicted octanol–water partition coefficient (Wildman–Crippen LogP) is 3.11. The number of nitrogens with zero attached hydrogens (tertiary/aromatic N) is 2. The molecule has 20 heavy (non-hydrogen) atoms. The monoisotopic (exact) mass is 303 g/mol. The molecular weight excluding hydrogens is 290 g/mol.